The molecule has 7 heavy (non-hydrogen) atoms. The highest BCUT2D eigenvalue weighted by Crippen LogP contribution is 1.70. The normalized spacial score (nSPS) is 9.00. The lowest BCUT2D eigenvalue weighted by Crippen LogP contribution is -2.20. The van der Waals surface area contributed by atoms with Crippen molar-refractivity contribution in [1.82, 2.24) is 5.39 Å². The van der Waals surface area contributed by atoms with Crippen LogP contribution < -0.4 is 0 Å². The van der Waals surface area contributed by atoms with Crippen LogP contribution in [0.3, 0.4) is 0 Å². The molecule has 0 spiro atoms. The van der Waals surface area contributed by atoms with Crippen molar-refractivity contribution in [3.63, 3.8) is 0 Å². The molecule has 3 N–H and O–H groups in total. The summed E-state index contributed by atoms with van der Waals surface area (Å²) in [7, 11) is -3.26. The van der Waals surface area contributed by atoms with Gasteiger partial charge in [0.05, 0.1) is 0 Å². The number of rotatable bonds is 2. The van der Waals surface area contributed by atoms with Crippen molar-refractivity contribution in [2.75, 3.05) is 0 Å². The van der Waals surface area contributed by atoms with Gasteiger partial charge in [-0.1, -0.05) is 0 Å². The van der Waals surface area contributed by atoms with Crippen molar-refractivity contribution < 1.29 is 24.2 Å². The predicted molar refractivity (Wildman–Crippen MR) is 15.2 cm³/mol. The molecule has 7 heteroatoms. The van der Waals surface area contributed by atoms with Crippen LogP contribution in [0.4, 0.5) is 0 Å². The third kappa shape index (κ3) is 5.50. The van der Waals surface area contributed by atoms with Gasteiger partial charge in [-0.3, -0.25) is 14.9 Å². The lowest BCUT2D eigenvalue weighted by molar-refractivity contribution is -0.459. The summed E-state index contributed by atoms with van der Waals surface area (Å²) < 4.78 is 12.7. The summed E-state index contributed by atoms with van der Waals surface area (Å²) in [4.78, 5) is 7.69. The van der Waals surface area contributed by atoms with Gasteiger partial charge in [0.25, 0.3) is 0 Å². The smallest absolute Gasteiger partial charge is 0.510 e. The first-order chi connectivity index (χ1) is 3.13. The van der Waals surface area contributed by atoms with Crippen LogP contribution in [0, 0.1) is 0 Å². The summed E-state index contributed by atoms with van der Waals surface area (Å²) in [5, 5.41) is 14.3. The lowest BCUT2D eigenvalue weighted by Gasteiger charge is -1.98. The van der Waals surface area contributed by atoms with Crippen LogP contribution in [0.2, 0.25) is 0 Å². The van der Waals surface area contributed by atoms with Gasteiger partial charge in [-0.25, -0.2) is 0 Å². The van der Waals surface area contributed by atoms with Crippen molar-refractivity contribution in [3.05, 3.63) is 0 Å². The zero-order valence-corrected chi connectivity index (χ0v) is 4.11. The number of nitrogens with zero attached hydrogens (tertiary/aromatic N) is 1. The van der Waals surface area contributed by atoms with E-state index in [1.807, 2.05) is 0 Å². The van der Waals surface area contributed by atoms with Gasteiger partial charge < -0.3 is 9.32 Å². The highest BCUT2D eigenvalue weighted by atomic mass is 28.3. The van der Waals surface area contributed by atoms with E-state index in [4.69, 9.17) is 15.2 Å². The summed E-state index contributed by atoms with van der Waals surface area (Å²) >= 11 is 0. The van der Waals surface area contributed by atoms with Crippen LogP contribution in [-0.2, 0) is 8.99 Å². The maximum atomic E-state index is 9.41. The fourth-order valence-corrected chi connectivity index (χ4v) is 0.210. The SMILES string of the molecule is O=[Si](O)ON(O)O. The zero-order valence-electron chi connectivity index (χ0n) is 3.11. The molecule has 0 atom stereocenters. The van der Waals surface area contributed by atoms with Gasteiger partial charge in [0.1, 0.15) is 5.39 Å². The molecular weight excluding hydrogens is 122 g/mol. The van der Waals surface area contributed by atoms with Crippen molar-refractivity contribution in [2.45, 2.75) is 0 Å². The van der Waals surface area contributed by atoms with E-state index < -0.39 is 14.6 Å². The predicted octanol–water partition coefficient (Wildman–Crippen LogP) is -1.59. The fourth-order valence-electron chi connectivity index (χ4n) is 0.0698. The molecule has 0 saturated heterocycles. The molecule has 6 nitrogen and oxygen atoms in total. The summed E-state index contributed by atoms with van der Waals surface area (Å²) in [6.07, 6.45) is 0. The molecule has 42 valence electrons. The van der Waals surface area contributed by atoms with Crippen LogP contribution >= 0.6 is 0 Å². The third-order valence-corrected chi connectivity index (χ3v) is 0.479. The van der Waals surface area contributed by atoms with E-state index in [0.29, 0.717) is 0 Å². The zero-order chi connectivity index (χ0) is 5.86. The van der Waals surface area contributed by atoms with E-state index >= 15 is 0 Å². The maximum absolute atomic E-state index is 9.41. The van der Waals surface area contributed by atoms with Crippen LogP contribution in [-0.4, -0.2) is 29.8 Å². The van der Waals surface area contributed by atoms with Gasteiger partial charge in [0, 0.05) is 0 Å². The van der Waals surface area contributed by atoms with Gasteiger partial charge in [0.15, 0.2) is 0 Å². The summed E-state index contributed by atoms with van der Waals surface area (Å²) in [6.45, 7) is 0. The van der Waals surface area contributed by atoms with Gasteiger partial charge in [0.2, 0.25) is 0 Å². The summed E-state index contributed by atoms with van der Waals surface area (Å²) in [6, 6.07) is 0. The minimum atomic E-state index is -3.26. The molecule has 0 unspecified atom stereocenters. The molecule has 0 bridgehead atoms. The molecule has 0 saturated carbocycles. The van der Waals surface area contributed by atoms with E-state index in [1.165, 1.54) is 0 Å². The number of hydrogen-bond donors (Lipinski definition) is 3. The molecule has 0 fully saturated rings. The first kappa shape index (κ1) is 6.50. The second kappa shape index (κ2) is 2.63. The minimum Gasteiger partial charge on any atom is -0.510 e. The Bertz CT molecular complexity index is 68.5. The van der Waals surface area contributed by atoms with Crippen molar-refractivity contribution >= 4 is 9.17 Å². The first-order valence-electron chi connectivity index (χ1n) is 1.21. The van der Waals surface area contributed by atoms with Crippen molar-refractivity contribution in [3.8, 4) is 0 Å². The van der Waals surface area contributed by atoms with E-state index in [2.05, 4.69) is 4.53 Å². The lowest BCUT2D eigenvalue weighted by atomic mass is 13.0. The average molecular weight is 125 g/mol. The largest absolute Gasteiger partial charge is 0.789 e. The first-order valence-corrected chi connectivity index (χ1v) is 2.48. The van der Waals surface area contributed by atoms with Crippen LogP contribution in [0.5, 0.6) is 0 Å². The van der Waals surface area contributed by atoms with Gasteiger partial charge in [-0.15, -0.1) is 0 Å². The molecule has 0 aliphatic heterocycles. The van der Waals surface area contributed by atoms with Crippen LogP contribution in [0.15, 0.2) is 0 Å². The third-order valence-electron chi connectivity index (χ3n) is 0.160. The maximum Gasteiger partial charge on any atom is 0.789 e. The Morgan fingerprint density at radius 3 is 2.00 bits per heavy atom. The second-order valence-corrected chi connectivity index (χ2v) is 1.32. The van der Waals surface area contributed by atoms with Crippen LogP contribution in [0.1, 0.15) is 0 Å². The molecule has 0 heterocycles. The van der Waals surface area contributed by atoms with Crippen molar-refractivity contribution in [2.24, 2.45) is 0 Å². The quantitative estimate of drug-likeness (QED) is 0.304. The fraction of sp³-hybridized carbons (Fsp3) is 0. The Hall–Kier alpha value is -0.503. The second-order valence-electron chi connectivity index (χ2n) is 0.610. The molecule has 0 aromatic heterocycles. The molecular formula is H3NO5Si. The Labute approximate surface area is 39.9 Å². The summed E-state index contributed by atoms with van der Waals surface area (Å²) in [5.41, 5.74) is 0. The van der Waals surface area contributed by atoms with Gasteiger partial charge in [-0.2, -0.15) is 0 Å². The molecule has 0 aliphatic rings. The van der Waals surface area contributed by atoms with E-state index in [1.54, 1.807) is 0 Å². The molecule has 0 rings (SSSR count). The van der Waals surface area contributed by atoms with E-state index in [-0.39, 0.29) is 0 Å². The van der Waals surface area contributed by atoms with Crippen LogP contribution in [0.25, 0.3) is 0 Å². The minimum absolute atomic E-state index is 0.818. The standard InChI is InChI=1S/H3NO5Si/c2-1(3)6-7(4)5/h2-4H. The Kier molecular flexibility index (Phi) is 2.44. The Balaban J connectivity index is 3.13. The molecule has 0 aromatic rings. The Morgan fingerprint density at radius 2 is 2.00 bits per heavy atom. The molecule has 0 amide bonds. The van der Waals surface area contributed by atoms with Gasteiger partial charge in [-0.05, 0) is 0 Å². The monoisotopic (exact) mass is 125 g/mol. The highest BCUT2D eigenvalue weighted by Gasteiger charge is 2.06. The van der Waals surface area contributed by atoms with E-state index in [9.17, 15) is 4.46 Å². The van der Waals surface area contributed by atoms with E-state index in [0.717, 1.165) is 0 Å². The number of hydrogen-bond acceptors (Lipinski definition) is 5. The highest BCUT2D eigenvalue weighted by molar-refractivity contribution is 6.23. The summed E-state index contributed by atoms with van der Waals surface area (Å²) in [5.74, 6) is 0. The molecule has 0 aliphatic carbocycles. The Morgan fingerprint density at radius 1 is 1.57 bits per heavy atom. The average Bonchev–Trinajstić information content (AvgIpc) is 1.27. The van der Waals surface area contributed by atoms with Crippen molar-refractivity contribution in [1.29, 1.82) is 0 Å². The molecule has 0 aromatic carbocycles. The van der Waals surface area contributed by atoms with Gasteiger partial charge >= 0.3 is 9.17 Å². The topological polar surface area (TPSA) is 90.2 Å². The molecule has 0 radical (unpaired) electrons.